The normalized spacial score (nSPS) is 11.3. The molecule has 0 aliphatic carbocycles. The van der Waals surface area contributed by atoms with Gasteiger partial charge in [-0.1, -0.05) is 17.7 Å². The van der Waals surface area contributed by atoms with E-state index in [-0.39, 0.29) is 21.4 Å². The lowest BCUT2D eigenvalue weighted by molar-refractivity contribution is -0.145. The molecule has 2 rings (SSSR count). The van der Waals surface area contributed by atoms with Crippen molar-refractivity contribution in [1.29, 1.82) is 0 Å². The second-order valence-corrected chi connectivity index (χ2v) is 8.28. The van der Waals surface area contributed by atoms with Gasteiger partial charge in [0.25, 0.3) is 0 Å². The number of carbonyl (C=O) groups is 2. The van der Waals surface area contributed by atoms with Crippen LogP contribution < -0.4 is 5.32 Å². The van der Waals surface area contributed by atoms with Gasteiger partial charge in [-0.3, -0.25) is 9.59 Å². The molecule has 150 valence electrons. The second kappa shape index (κ2) is 9.13. The number of nitrogens with one attached hydrogen (secondary N) is 1. The summed E-state index contributed by atoms with van der Waals surface area (Å²) >= 11 is 5.85. The number of nitrogens with zero attached hydrogens (tertiary/aromatic N) is 1. The minimum atomic E-state index is -3.96. The Labute approximate surface area is 167 Å². The molecule has 0 unspecified atom stereocenters. The summed E-state index contributed by atoms with van der Waals surface area (Å²) in [6.45, 7) is 0.351. The summed E-state index contributed by atoms with van der Waals surface area (Å²) < 4.78 is 44.5. The fourth-order valence-corrected chi connectivity index (χ4v) is 3.56. The highest BCUT2D eigenvalue weighted by Gasteiger charge is 2.24. The summed E-state index contributed by atoms with van der Waals surface area (Å²) in [4.78, 5) is 22.9. The van der Waals surface area contributed by atoms with E-state index in [1.807, 2.05) is 0 Å². The molecule has 0 aliphatic rings. The third-order valence-corrected chi connectivity index (χ3v) is 5.85. The molecular weight excluding hydrogens is 411 g/mol. The lowest BCUT2D eigenvalue weighted by Crippen LogP contribution is -2.33. The summed E-state index contributed by atoms with van der Waals surface area (Å²) in [6, 6.07) is 9.52. The summed E-state index contributed by atoms with van der Waals surface area (Å²) in [7, 11) is -2.74. The molecule has 0 aliphatic heterocycles. The van der Waals surface area contributed by atoms with Crippen LogP contribution >= 0.6 is 11.6 Å². The minimum Gasteiger partial charge on any atom is -0.460 e. The van der Waals surface area contributed by atoms with E-state index in [1.54, 1.807) is 0 Å². The zero-order chi connectivity index (χ0) is 20.9. The molecule has 0 saturated carbocycles. The van der Waals surface area contributed by atoms with Crippen molar-refractivity contribution in [2.75, 3.05) is 18.9 Å². The lowest BCUT2D eigenvalue weighted by Gasteiger charge is -2.17. The molecule has 10 heteroatoms. The van der Waals surface area contributed by atoms with E-state index in [0.717, 1.165) is 4.31 Å². The zero-order valence-corrected chi connectivity index (χ0v) is 16.7. The van der Waals surface area contributed by atoms with Crippen molar-refractivity contribution in [1.82, 2.24) is 4.31 Å². The number of hydrogen-bond acceptors (Lipinski definition) is 5. The molecule has 7 nitrogen and oxygen atoms in total. The van der Waals surface area contributed by atoms with Gasteiger partial charge in [0.2, 0.25) is 15.9 Å². The molecule has 28 heavy (non-hydrogen) atoms. The molecule has 1 N–H and O–H groups in total. The molecule has 0 heterocycles. The number of ether oxygens (including phenoxy) is 1. The van der Waals surface area contributed by atoms with Gasteiger partial charge in [0, 0.05) is 25.2 Å². The molecule has 0 atom stereocenters. The van der Waals surface area contributed by atoms with Crippen molar-refractivity contribution >= 4 is 39.2 Å². The number of anilines is 1. The number of likely N-dealkylation sites (N-methyl/N-ethyl adjacent to an activating group) is 1. The van der Waals surface area contributed by atoms with Crippen molar-refractivity contribution in [3.8, 4) is 0 Å². The highest BCUT2D eigenvalue weighted by atomic mass is 35.5. The van der Waals surface area contributed by atoms with E-state index in [2.05, 4.69) is 5.32 Å². The number of esters is 1. The van der Waals surface area contributed by atoms with Crippen LogP contribution in [0.2, 0.25) is 5.02 Å². The van der Waals surface area contributed by atoms with Crippen molar-refractivity contribution in [3.63, 3.8) is 0 Å². The molecule has 1 amide bonds. The zero-order valence-electron chi connectivity index (χ0n) is 15.1. The van der Waals surface area contributed by atoms with Crippen LogP contribution in [0.15, 0.2) is 47.4 Å². The quantitative estimate of drug-likeness (QED) is 0.684. The number of sulfonamides is 1. The molecular formula is C18H18ClFN2O5S. The van der Waals surface area contributed by atoms with Gasteiger partial charge >= 0.3 is 5.97 Å². The van der Waals surface area contributed by atoms with Crippen LogP contribution in [0.5, 0.6) is 0 Å². The summed E-state index contributed by atoms with van der Waals surface area (Å²) in [5, 5.41) is 2.63. The Kier molecular flexibility index (Phi) is 7.11. The molecule has 0 aromatic heterocycles. The van der Waals surface area contributed by atoms with Crippen molar-refractivity contribution in [3.05, 3.63) is 58.9 Å². The van der Waals surface area contributed by atoms with E-state index in [0.29, 0.717) is 5.69 Å². The topological polar surface area (TPSA) is 92.8 Å². The van der Waals surface area contributed by atoms with Gasteiger partial charge in [-0.25, -0.2) is 12.8 Å². The third-order valence-electron chi connectivity index (χ3n) is 3.67. The Morgan fingerprint density at radius 3 is 2.39 bits per heavy atom. The minimum absolute atomic E-state index is 0.0107. The van der Waals surface area contributed by atoms with E-state index < -0.39 is 35.0 Å². The standard InChI is InChI=1S/C18H18ClFN2O5S/c1-12(23)21-13-6-8-14(9-7-13)28(25,26)22(2)10-18(24)27-11-15-16(19)4-3-5-17(15)20/h3-9H,10-11H2,1-2H3,(H,21,23). The van der Waals surface area contributed by atoms with Crippen LogP contribution in [-0.4, -0.2) is 38.2 Å². The smallest absolute Gasteiger partial charge is 0.321 e. The molecule has 0 radical (unpaired) electrons. The first-order valence-corrected chi connectivity index (χ1v) is 9.85. The van der Waals surface area contributed by atoms with E-state index in [9.17, 15) is 22.4 Å². The van der Waals surface area contributed by atoms with Crippen molar-refractivity contribution in [2.24, 2.45) is 0 Å². The van der Waals surface area contributed by atoms with Crippen LogP contribution in [0.3, 0.4) is 0 Å². The number of carbonyl (C=O) groups excluding carboxylic acids is 2. The second-order valence-electron chi connectivity index (χ2n) is 5.83. The maximum Gasteiger partial charge on any atom is 0.321 e. The highest BCUT2D eigenvalue weighted by molar-refractivity contribution is 7.89. The lowest BCUT2D eigenvalue weighted by atomic mass is 10.2. The van der Waals surface area contributed by atoms with Gasteiger partial charge in [0.15, 0.2) is 0 Å². The fraction of sp³-hybridized carbons (Fsp3) is 0.222. The average molecular weight is 429 g/mol. The largest absolute Gasteiger partial charge is 0.460 e. The predicted molar refractivity (Wildman–Crippen MR) is 102 cm³/mol. The van der Waals surface area contributed by atoms with Crippen LogP contribution in [0.25, 0.3) is 0 Å². The molecule has 2 aromatic rings. The van der Waals surface area contributed by atoms with Crippen LogP contribution in [0, 0.1) is 5.82 Å². The summed E-state index contributed by atoms with van der Waals surface area (Å²) in [5.74, 6) is -1.77. The van der Waals surface area contributed by atoms with Gasteiger partial charge in [-0.15, -0.1) is 0 Å². The molecule has 2 aromatic carbocycles. The summed E-state index contributed by atoms with van der Waals surface area (Å²) in [5.41, 5.74) is 0.451. The first-order valence-electron chi connectivity index (χ1n) is 8.03. The predicted octanol–water partition coefficient (Wildman–Crippen LogP) is 2.80. The monoisotopic (exact) mass is 428 g/mol. The van der Waals surface area contributed by atoms with E-state index in [4.69, 9.17) is 16.3 Å². The molecule has 0 fully saturated rings. The number of amides is 1. The number of hydrogen-bond donors (Lipinski definition) is 1. The van der Waals surface area contributed by atoms with Crippen LogP contribution in [0.1, 0.15) is 12.5 Å². The maximum absolute atomic E-state index is 13.7. The van der Waals surface area contributed by atoms with Gasteiger partial charge in [-0.05, 0) is 36.4 Å². The SMILES string of the molecule is CC(=O)Nc1ccc(S(=O)(=O)N(C)CC(=O)OCc2c(F)cccc2Cl)cc1. The highest BCUT2D eigenvalue weighted by Crippen LogP contribution is 2.20. The van der Waals surface area contributed by atoms with Crippen LogP contribution in [0.4, 0.5) is 10.1 Å². The number of benzene rings is 2. The Morgan fingerprint density at radius 2 is 1.82 bits per heavy atom. The number of rotatable bonds is 7. The molecule has 0 spiro atoms. The Hall–Kier alpha value is -2.49. The Bertz CT molecular complexity index is 960. The molecule has 0 bridgehead atoms. The first-order chi connectivity index (χ1) is 13.1. The number of halogens is 2. The Balaban J connectivity index is 2.01. The Morgan fingerprint density at radius 1 is 1.18 bits per heavy atom. The van der Waals surface area contributed by atoms with E-state index >= 15 is 0 Å². The summed E-state index contributed by atoms with van der Waals surface area (Å²) in [6.07, 6.45) is 0. The van der Waals surface area contributed by atoms with Gasteiger partial charge in [0.05, 0.1) is 9.92 Å². The third kappa shape index (κ3) is 5.51. The first kappa shape index (κ1) is 21.8. The average Bonchev–Trinajstić information content (AvgIpc) is 2.61. The fourth-order valence-electron chi connectivity index (χ4n) is 2.23. The van der Waals surface area contributed by atoms with Crippen molar-refractivity contribution < 1.29 is 27.1 Å². The molecule has 0 saturated heterocycles. The van der Waals surface area contributed by atoms with Crippen molar-refractivity contribution in [2.45, 2.75) is 18.4 Å². The maximum atomic E-state index is 13.7. The van der Waals surface area contributed by atoms with Crippen LogP contribution in [-0.2, 0) is 31.0 Å². The van der Waals surface area contributed by atoms with Gasteiger partial charge < -0.3 is 10.1 Å². The van der Waals surface area contributed by atoms with Gasteiger partial charge in [0.1, 0.15) is 19.0 Å². The van der Waals surface area contributed by atoms with E-state index in [1.165, 1.54) is 56.4 Å². The van der Waals surface area contributed by atoms with Gasteiger partial charge in [-0.2, -0.15) is 4.31 Å².